The van der Waals surface area contributed by atoms with Crippen molar-refractivity contribution in [3.05, 3.63) is 105 Å². The number of carbonyl (C=O) groups is 3. The van der Waals surface area contributed by atoms with Crippen LogP contribution in [-0.2, 0) is 22.6 Å². The van der Waals surface area contributed by atoms with Gasteiger partial charge in [0.25, 0.3) is 17.7 Å². The number of imide groups is 1. The van der Waals surface area contributed by atoms with Gasteiger partial charge in [0.15, 0.2) is 0 Å². The molecule has 8 heteroatoms. The van der Waals surface area contributed by atoms with Crippen molar-refractivity contribution in [2.45, 2.75) is 13.0 Å². The number of benzene rings is 3. The number of rotatable bonds is 4. The van der Waals surface area contributed by atoms with E-state index in [0.29, 0.717) is 35.1 Å². The van der Waals surface area contributed by atoms with Gasteiger partial charge in [-0.15, -0.1) is 0 Å². The van der Waals surface area contributed by atoms with Crippen LogP contribution in [-0.4, -0.2) is 29.2 Å². The molecule has 170 valence electrons. The van der Waals surface area contributed by atoms with Gasteiger partial charge in [0.05, 0.1) is 5.69 Å². The van der Waals surface area contributed by atoms with Gasteiger partial charge in [-0.1, -0.05) is 59.6 Å². The number of hydrogen-bond donors (Lipinski definition) is 1. The summed E-state index contributed by atoms with van der Waals surface area (Å²) in [4.78, 5) is 41.6. The Bertz CT molecular complexity index is 1370. The maximum absolute atomic E-state index is 13.2. The summed E-state index contributed by atoms with van der Waals surface area (Å²) in [5.41, 5.74) is 3.63. The van der Waals surface area contributed by atoms with Crippen molar-refractivity contribution in [3.63, 3.8) is 0 Å². The van der Waals surface area contributed by atoms with Crippen LogP contribution in [0.4, 0.5) is 11.4 Å². The Hall–Kier alpha value is -3.61. The van der Waals surface area contributed by atoms with E-state index in [1.807, 2.05) is 18.2 Å². The van der Waals surface area contributed by atoms with Crippen LogP contribution in [0.3, 0.4) is 0 Å². The topological polar surface area (TPSA) is 69.7 Å². The summed E-state index contributed by atoms with van der Waals surface area (Å²) in [6.07, 6.45) is 0.804. The van der Waals surface area contributed by atoms with Gasteiger partial charge in [-0.05, 0) is 53.9 Å². The molecule has 0 unspecified atom stereocenters. The van der Waals surface area contributed by atoms with Gasteiger partial charge >= 0.3 is 0 Å². The Labute approximate surface area is 206 Å². The fourth-order valence-corrected chi connectivity index (χ4v) is 4.58. The van der Waals surface area contributed by atoms with Gasteiger partial charge in [0.2, 0.25) is 0 Å². The number of nitrogens with zero attached hydrogens (tertiary/aromatic N) is 2. The summed E-state index contributed by atoms with van der Waals surface area (Å²) in [7, 11) is 0. The fraction of sp³-hybridized carbons (Fsp3) is 0.115. The van der Waals surface area contributed by atoms with Crippen LogP contribution >= 0.6 is 23.2 Å². The molecule has 0 fully saturated rings. The molecule has 3 amide bonds. The minimum atomic E-state index is -0.643. The third-order valence-corrected chi connectivity index (χ3v) is 6.48. The Morgan fingerprint density at radius 1 is 0.853 bits per heavy atom. The van der Waals surface area contributed by atoms with E-state index in [9.17, 15) is 14.4 Å². The molecule has 0 saturated carbocycles. The highest BCUT2D eigenvalue weighted by molar-refractivity contribution is 6.53. The summed E-state index contributed by atoms with van der Waals surface area (Å²) in [6, 6.07) is 21.3. The lowest BCUT2D eigenvalue weighted by Gasteiger charge is -2.29. The van der Waals surface area contributed by atoms with Crippen molar-refractivity contribution in [2.75, 3.05) is 16.8 Å². The highest BCUT2D eigenvalue weighted by Gasteiger charge is 2.39. The smallest absolute Gasteiger partial charge is 0.283 e. The first-order valence-electron chi connectivity index (χ1n) is 10.7. The van der Waals surface area contributed by atoms with Crippen molar-refractivity contribution in [2.24, 2.45) is 0 Å². The average Bonchev–Trinajstić information content (AvgIpc) is 3.06. The first-order chi connectivity index (χ1) is 16.4. The summed E-state index contributed by atoms with van der Waals surface area (Å²) in [5, 5.41) is 3.09. The molecule has 6 nitrogen and oxygen atoms in total. The Kier molecular flexibility index (Phi) is 5.86. The zero-order chi connectivity index (χ0) is 23.8. The van der Waals surface area contributed by atoms with Crippen molar-refractivity contribution in [1.29, 1.82) is 0 Å². The number of hydrogen-bond acceptors (Lipinski definition) is 4. The molecule has 3 aromatic rings. The van der Waals surface area contributed by atoms with Crippen LogP contribution in [0.1, 0.15) is 21.5 Å². The van der Waals surface area contributed by atoms with Crippen LogP contribution in [0.2, 0.25) is 5.02 Å². The minimum Gasteiger partial charge on any atom is -0.350 e. The first kappa shape index (κ1) is 22.2. The van der Waals surface area contributed by atoms with E-state index >= 15 is 0 Å². The lowest BCUT2D eigenvalue weighted by molar-refractivity contribution is -0.120. The maximum Gasteiger partial charge on any atom is 0.283 e. The van der Waals surface area contributed by atoms with E-state index in [2.05, 4.69) is 11.4 Å². The van der Waals surface area contributed by atoms with Gasteiger partial charge in [0.1, 0.15) is 10.7 Å². The van der Waals surface area contributed by atoms with Crippen molar-refractivity contribution < 1.29 is 14.4 Å². The molecule has 1 N–H and O–H groups in total. The number of carbonyl (C=O) groups excluding carboxylic acids is 3. The molecule has 2 heterocycles. The van der Waals surface area contributed by atoms with Crippen molar-refractivity contribution >= 4 is 52.3 Å². The van der Waals surface area contributed by atoms with Crippen LogP contribution < -0.4 is 10.2 Å². The molecule has 0 spiro atoms. The van der Waals surface area contributed by atoms with Crippen LogP contribution in [0, 0.1) is 0 Å². The van der Waals surface area contributed by atoms with E-state index in [1.165, 1.54) is 11.6 Å². The summed E-state index contributed by atoms with van der Waals surface area (Å²) in [5.74, 6) is -1.34. The van der Waals surface area contributed by atoms with Crippen LogP contribution in [0.5, 0.6) is 0 Å². The maximum atomic E-state index is 13.2. The van der Waals surface area contributed by atoms with E-state index in [4.69, 9.17) is 23.2 Å². The molecular formula is C26H19Cl2N3O3. The number of amides is 3. The second-order valence-electron chi connectivity index (χ2n) is 8.07. The molecule has 0 atom stereocenters. The molecule has 0 saturated heterocycles. The zero-order valence-electron chi connectivity index (χ0n) is 17.9. The molecule has 0 aromatic heterocycles. The lowest BCUT2D eigenvalue weighted by Crippen LogP contribution is -2.36. The molecule has 34 heavy (non-hydrogen) atoms. The summed E-state index contributed by atoms with van der Waals surface area (Å²) in [6.45, 7) is 1.18. The number of fused-ring (bicyclic) bond motifs is 1. The Morgan fingerprint density at radius 3 is 2.41 bits per heavy atom. The third-order valence-electron chi connectivity index (χ3n) is 5.89. The monoisotopic (exact) mass is 491 g/mol. The van der Waals surface area contributed by atoms with Crippen LogP contribution in [0.25, 0.3) is 0 Å². The number of nitrogens with one attached hydrogen (secondary N) is 1. The third kappa shape index (κ3) is 4.06. The van der Waals surface area contributed by atoms with Crippen molar-refractivity contribution in [3.8, 4) is 0 Å². The largest absolute Gasteiger partial charge is 0.350 e. The van der Waals surface area contributed by atoms with Gasteiger partial charge < -0.3 is 10.2 Å². The Morgan fingerprint density at radius 2 is 1.62 bits per heavy atom. The first-order valence-corrected chi connectivity index (χ1v) is 11.5. The predicted octanol–water partition coefficient (Wildman–Crippen LogP) is 4.97. The van der Waals surface area contributed by atoms with Gasteiger partial charge in [-0.25, -0.2) is 4.90 Å². The molecule has 2 aliphatic heterocycles. The van der Waals surface area contributed by atoms with Gasteiger partial charge in [-0.3, -0.25) is 14.4 Å². The van der Waals surface area contributed by atoms with E-state index in [0.717, 1.165) is 16.9 Å². The summed E-state index contributed by atoms with van der Waals surface area (Å²) < 4.78 is 0. The molecule has 0 bridgehead atoms. The molecule has 3 aromatic carbocycles. The number of halogens is 2. The molecular weight excluding hydrogens is 473 g/mol. The molecule has 0 aliphatic carbocycles. The predicted molar refractivity (Wildman–Crippen MR) is 132 cm³/mol. The average molecular weight is 492 g/mol. The molecule has 0 radical (unpaired) electrons. The van der Waals surface area contributed by atoms with Crippen LogP contribution in [0.15, 0.2) is 83.5 Å². The van der Waals surface area contributed by atoms with E-state index in [-0.39, 0.29) is 16.6 Å². The molecule has 5 rings (SSSR count). The van der Waals surface area contributed by atoms with E-state index < -0.39 is 11.8 Å². The lowest BCUT2D eigenvalue weighted by atomic mass is 9.99. The highest BCUT2D eigenvalue weighted by atomic mass is 35.5. The minimum absolute atomic E-state index is 0.0526. The Balaban J connectivity index is 1.35. The van der Waals surface area contributed by atoms with Gasteiger partial charge in [-0.2, -0.15) is 0 Å². The molecule has 2 aliphatic rings. The highest BCUT2D eigenvalue weighted by Crippen LogP contribution is 2.31. The fourth-order valence-electron chi connectivity index (χ4n) is 4.19. The SMILES string of the molecule is O=C(c1cccc(NC2=C(Cl)C(=O)N(c3cccc(Cl)c3)C2=O)c1)N1CCc2ccccc2C1. The zero-order valence-corrected chi connectivity index (χ0v) is 19.4. The number of anilines is 2. The standard InChI is InChI=1S/C26H19Cl2N3O3/c27-19-8-4-10-21(14-19)31-25(33)22(28)23(26(31)34)29-20-9-3-7-17(13-20)24(32)30-12-11-16-5-1-2-6-18(16)15-30/h1-10,13-14,29H,11-12,15H2. The summed E-state index contributed by atoms with van der Waals surface area (Å²) >= 11 is 12.2. The second kappa shape index (κ2) is 8.97. The van der Waals surface area contributed by atoms with E-state index in [1.54, 1.807) is 47.4 Å². The normalized spacial score (nSPS) is 15.6. The van der Waals surface area contributed by atoms with Gasteiger partial charge in [0, 0.05) is 29.4 Å². The van der Waals surface area contributed by atoms with Crippen molar-refractivity contribution in [1.82, 2.24) is 4.90 Å². The quantitative estimate of drug-likeness (QED) is 0.522. The second-order valence-corrected chi connectivity index (χ2v) is 8.88.